The zero-order chi connectivity index (χ0) is 27.6. The number of nitrogens with two attached hydrogens (primary N) is 2. The van der Waals surface area contributed by atoms with E-state index in [1.165, 1.54) is 40.2 Å². The summed E-state index contributed by atoms with van der Waals surface area (Å²) >= 11 is 16.0. The molecule has 0 spiro atoms. The number of carboxylic acids is 1. The van der Waals surface area contributed by atoms with E-state index in [-0.39, 0.29) is 23.3 Å². The molecule has 0 aliphatic carbocycles. The molecule has 1 aromatic heterocycles. The number of thioether (sulfide) groups is 3. The summed E-state index contributed by atoms with van der Waals surface area (Å²) in [5, 5.41) is 15.7. The molecular weight excluding hydrogens is 591 g/mol. The highest BCUT2D eigenvalue weighted by molar-refractivity contribution is 8.00. The summed E-state index contributed by atoms with van der Waals surface area (Å²) in [6.45, 7) is 0. The number of carbonyl (C=O) groups is 3. The van der Waals surface area contributed by atoms with E-state index >= 15 is 0 Å². The number of benzene rings is 1. The minimum absolute atomic E-state index is 0.0158. The molecule has 0 bridgehead atoms. The summed E-state index contributed by atoms with van der Waals surface area (Å²) < 4.78 is 1.56. The van der Waals surface area contributed by atoms with E-state index in [4.69, 9.17) is 34.7 Å². The number of aromatic nitrogens is 2. The number of aliphatic carboxylic acids is 1. The molecule has 2 amide bonds. The summed E-state index contributed by atoms with van der Waals surface area (Å²) in [6, 6.07) is 5.80. The van der Waals surface area contributed by atoms with Crippen LogP contribution < -0.4 is 26.5 Å². The van der Waals surface area contributed by atoms with Crippen molar-refractivity contribution in [3.05, 3.63) is 57.7 Å². The van der Waals surface area contributed by atoms with Crippen LogP contribution in [0, 0.1) is 0 Å². The van der Waals surface area contributed by atoms with Gasteiger partial charge in [-0.15, -0.1) is 28.5 Å². The number of anilines is 2. The van der Waals surface area contributed by atoms with E-state index in [0.717, 1.165) is 0 Å². The van der Waals surface area contributed by atoms with Crippen molar-refractivity contribution in [1.82, 2.24) is 15.2 Å². The lowest BCUT2D eigenvalue weighted by Crippen LogP contribution is -2.71. The zero-order valence-corrected chi connectivity index (χ0v) is 23.8. The van der Waals surface area contributed by atoms with Gasteiger partial charge in [0.1, 0.15) is 11.4 Å². The van der Waals surface area contributed by atoms with Gasteiger partial charge in [0, 0.05) is 27.5 Å². The van der Waals surface area contributed by atoms with Crippen molar-refractivity contribution in [3.63, 3.8) is 0 Å². The number of halogens is 2. The first kappa shape index (κ1) is 28.4. The second kappa shape index (κ2) is 12.1. The Morgan fingerprint density at radius 1 is 1.32 bits per heavy atom. The number of nitrogens with zero attached hydrogens (tertiary/aromatic N) is 3. The van der Waals surface area contributed by atoms with Crippen LogP contribution >= 0.6 is 58.5 Å². The normalized spacial score (nSPS) is 18.9. The highest BCUT2D eigenvalue weighted by atomic mass is 35.5. The predicted octanol–water partition coefficient (Wildman–Crippen LogP) is 1.22. The molecule has 0 radical (unpaired) electrons. The van der Waals surface area contributed by atoms with Gasteiger partial charge < -0.3 is 26.7 Å². The Labute approximate surface area is 241 Å². The minimum atomic E-state index is -1.45. The van der Waals surface area contributed by atoms with Crippen molar-refractivity contribution >= 4 is 88.0 Å². The van der Waals surface area contributed by atoms with Gasteiger partial charge in [0.15, 0.2) is 10.8 Å². The van der Waals surface area contributed by atoms with Crippen LogP contribution in [0.25, 0.3) is 0 Å². The first-order chi connectivity index (χ1) is 18.1. The van der Waals surface area contributed by atoms with Gasteiger partial charge in [0.25, 0.3) is 5.91 Å². The number of nitrogen functional groups attached to an aromatic ring is 2. The molecule has 2 atom stereocenters. The van der Waals surface area contributed by atoms with Gasteiger partial charge in [-0.3, -0.25) is 14.5 Å². The standard InChI is InChI=1S/C23H22Cl2N6O4S3/c1-30-15(26)8-17(29-23(30)27)36-6-2-3-11-9-38-21-18(20(33)31(21)19(11)22(34)35)28-16(32)10-37-14-7-12(24)4-5-13(14)25/h2-5,7-8,18,21H,6,9-10H2,1H3,(H5,26,27,28,29,32,34,35)/b3-2+/t18-,21-/m1/s1. The van der Waals surface area contributed by atoms with Gasteiger partial charge in [-0.1, -0.05) is 47.1 Å². The summed E-state index contributed by atoms with van der Waals surface area (Å²) in [7, 11) is 1.71. The van der Waals surface area contributed by atoms with Gasteiger partial charge in [-0.05, 0) is 23.8 Å². The van der Waals surface area contributed by atoms with Crippen molar-refractivity contribution in [3.8, 4) is 0 Å². The molecular formula is C23H22Cl2N6O4S3. The van der Waals surface area contributed by atoms with Crippen LogP contribution in [0.15, 0.2) is 57.6 Å². The summed E-state index contributed by atoms with van der Waals surface area (Å²) in [6.07, 6.45) is 3.42. The molecule has 1 aromatic carbocycles. The first-order valence-corrected chi connectivity index (χ1v) is 14.8. The maximum absolute atomic E-state index is 12.8. The van der Waals surface area contributed by atoms with E-state index in [0.29, 0.717) is 42.9 Å². The zero-order valence-electron chi connectivity index (χ0n) is 19.9. The van der Waals surface area contributed by atoms with E-state index in [1.807, 2.05) is 0 Å². The molecule has 2 aliphatic rings. The number of β-lactam (4-membered cyclic amide) rings is 1. The molecule has 1 saturated heterocycles. The Balaban J connectivity index is 1.37. The lowest BCUT2D eigenvalue weighted by atomic mass is 10.0. The smallest absolute Gasteiger partial charge is 0.345 e. The summed E-state index contributed by atoms with van der Waals surface area (Å²) in [5.74, 6) is -0.783. The van der Waals surface area contributed by atoms with Crippen LogP contribution in [0.1, 0.15) is 0 Å². The molecule has 38 heavy (non-hydrogen) atoms. The van der Waals surface area contributed by atoms with E-state index < -0.39 is 23.3 Å². The molecule has 2 aromatic rings. The van der Waals surface area contributed by atoms with Crippen LogP contribution in [0.2, 0.25) is 10.0 Å². The second-order valence-corrected chi connectivity index (χ2v) is 12.1. The number of hydrogen-bond donors (Lipinski definition) is 3. The van der Waals surface area contributed by atoms with Crippen molar-refractivity contribution in [2.24, 2.45) is 7.05 Å². The van der Waals surface area contributed by atoms with Gasteiger partial charge in [-0.2, -0.15) is 0 Å². The topological polar surface area (TPSA) is 158 Å². The Morgan fingerprint density at radius 2 is 2.08 bits per heavy atom. The number of nitrogens with one attached hydrogen (secondary N) is 1. The number of carbonyl (C=O) groups excluding carboxylic acids is 3. The monoisotopic (exact) mass is 612 g/mol. The van der Waals surface area contributed by atoms with Crippen molar-refractivity contribution in [2.75, 3.05) is 28.7 Å². The van der Waals surface area contributed by atoms with E-state index in [1.54, 1.807) is 48.0 Å². The third-order valence-electron chi connectivity index (χ3n) is 5.63. The highest BCUT2D eigenvalue weighted by Crippen LogP contribution is 2.40. The molecule has 5 N–H and O–H groups in total. The van der Waals surface area contributed by atoms with Crippen LogP contribution in [0.5, 0.6) is 0 Å². The fourth-order valence-corrected chi connectivity index (χ4v) is 7.03. The Bertz CT molecular complexity index is 1350. The number of amides is 2. The van der Waals surface area contributed by atoms with Crippen LogP contribution in [0.3, 0.4) is 0 Å². The molecule has 15 heteroatoms. The molecule has 1 fully saturated rings. The molecule has 4 rings (SSSR count). The third kappa shape index (κ3) is 6.18. The van der Waals surface area contributed by atoms with Crippen LogP contribution in [-0.2, 0) is 21.4 Å². The third-order valence-corrected chi connectivity index (χ3v) is 9.53. The van der Waals surface area contributed by atoms with Gasteiger partial charge >= 0.3 is 5.95 Å². The predicted molar refractivity (Wildman–Crippen MR) is 148 cm³/mol. The summed E-state index contributed by atoms with van der Waals surface area (Å²) in [5.41, 5.74) is 12.0. The van der Waals surface area contributed by atoms with Crippen molar-refractivity contribution < 1.29 is 24.1 Å². The fourth-order valence-electron chi connectivity index (χ4n) is 3.68. The van der Waals surface area contributed by atoms with E-state index in [9.17, 15) is 19.5 Å². The first-order valence-electron chi connectivity index (χ1n) is 11.0. The molecule has 10 nitrogen and oxygen atoms in total. The maximum Gasteiger partial charge on any atom is 0.345 e. The van der Waals surface area contributed by atoms with Gasteiger partial charge in [0.05, 0.1) is 29.5 Å². The van der Waals surface area contributed by atoms with Crippen LogP contribution in [-0.4, -0.2) is 56.3 Å². The number of allylic oxidation sites excluding steroid dienone is 1. The number of carboxylic acid groups (broad SMARTS) is 1. The molecule has 200 valence electrons. The van der Waals surface area contributed by atoms with Gasteiger partial charge in [0.2, 0.25) is 5.91 Å². The quantitative estimate of drug-likeness (QED) is 0.163. The average Bonchev–Trinajstić information content (AvgIpc) is 2.88. The largest absolute Gasteiger partial charge is 0.543 e. The summed E-state index contributed by atoms with van der Waals surface area (Å²) in [4.78, 5) is 43.3. The second-order valence-electron chi connectivity index (χ2n) is 8.13. The Hall–Kier alpha value is -2.58. The SMILES string of the molecule is C[n+]1c(N)cc(SC/C=C/C2=C(C(=O)[O-])N3C(=O)[C@@H](NC(=O)CSc4cc(Cl)ccc4Cl)[C@H]3SC2)nc1N. The molecule has 0 unspecified atom stereocenters. The minimum Gasteiger partial charge on any atom is -0.543 e. The van der Waals surface area contributed by atoms with Crippen LogP contribution in [0.4, 0.5) is 11.8 Å². The van der Waals surface area contributed by atoms with Crippen molar-refractivity contribution in [2.45, 2.75) is 21.3 Å². The van der Waals surface area contributed by atoms with E-state index in [2.05, 4.69) is 10.3 Å². The molecule has 3 heterocycles. The highest BCUT2D eigenvalue weighted by Gasteiger charge is 2.52. The Morgan fingerprint density at radius 3 is 2.79 bits per heavy atom. The lowest BCUT2D eigenvalue weighted by molar-refractivity contribution is -0.645. The number of fused-ring (bicyclic) bond motifs is 1. The van der Waals surface area contributed by atoms with Gasteiger partial charge in [-0.25, -0.2) is 4.57 Å². The molecule has 0 saturated carbocycles. The van der Waals surface area contributed by atoms with Crippen molar-refractivity contribution in [1.29, 1.82) is 0 Å². The average molecular weight is 614 g/mol. The maximum atomic E-state index is 12.8. The fraction of sp³-hybridized carbons (Fsp3) is 0.261. The number of rotatable bonds is 9. The molecule has 2 aliphatic heterocycles. The number of hydrogen-bond acceptors (Lipinski definition) is 10. The Kier molecular flexibility index (Phi) is 9.04. The lowest BCUT2D eigenvalue weighted by Gasteiger charge is -2.50.